The van der Waals surface area contributed by atoms with Crippen molar-refractivity contribution >= 4 is 16.5 Å². The van der Waals surface area contributed by atoms with Crippen molar-refractivity contribution < 1.29 is 4.74 Å². The second-order valence-electron chi connectivity index (χ2n) is 3.45. The molecule has 5 heteroatoms. The molecule has 14 heavy (non-hydrogen) atoms. The molecular formula is C9H15N3OS. The molecule has 0 amide bonds. The third kappa shape index (κ3) is 2.23. The van der Waals surface area contributed by atoms with Gasteiger partial charge in [0, 0.05) is 24.5 Å². The summed E-state index contributed by atoms with van der Waals surface area (Å²) in [5.74, 6) is 0. The number of nitrogens with zero attached hydrogens (tertiary/aromatic N) is 2. The number of rotatable bonds is 2. The van der Waals surface area contributed by atoms with Crippen molar-refractivity contribution in [2.75, 3.05) is 32.0 Å². The van der Waals surface area contributed by atoms with E-state index >= 15 is 0 Å². The largest absolute Gasteiger partial charge is 0.379 e. The average molecular weight is 213 g/mol. The van der Waals surface area contributed by atoms with Crippen LogP contribution in [0.2, 0.25) is 0 Å². The Morgan fingerprint density at radius 2 is 2.21 bits per heavy atom. The van der Waals surface area contributed by atoms with Crippen molar-refractivity contribution in [2.45, 2.75) is 13.5 Å². The fraction of sp³-hybridized carbons (Fsp3) is 0.667. The van der Waals surface area contributed by atoms with E-state index in [1.165, 1.54) is 4.88 Å². The van der Waals surface area contributed by atoms with E-state index in [4.69, 9.17) is 10.5 Å². The maximum Gasteiger partial charge on any atom is 0.180 e. The maximum absolute atomic E-state index is 5.65. The lowest BCUT2D eigenvalue weighted by atomic mass is 10.3. The van der Waals surface area contributed by atoms with Gasteiger partial charge in [0.2, 0.25) is 0 Å². The number of nitrogen functional groups attached to an aromatic ring is 1. The van der Waals surface area contributed by atoms with E-state index in [9.17, 15) is 0 Å². The second kappa shape index (κ2) is 4.25. The maximum atomic E-state index is 5.65. The van der Waals surface area contributed by atoms with Crippen molar-refractivity contribution in [2.24, 2.45) is 0 Å². The molecular weight excluding hydrogens is 198 g/mol. The minimum absolute atomic E-state index is 0.672. The fourth-order valence-corrected chi connectivity index (χ4v) is 2.44. The van der Waals surface area contributed by atoms with E-state index in [-0.39, 0.29) is 0 Å². The molecule has 1 aliphatic heterocycles. The standard InChI is InChI=1S/C9H15N3OS/c1-7-8(14-9(10)11-7)6-12-2-4-13-5-3-12/h2-6H2,1H3,(H2,10,11). The minimum atomic E-state index is 0.672. The molecule has 0 saturated carbocycles. The molecule has 2 heterocycles. The van der Waals surface area contributed by atoms with Crippen molar-refractivity contribution in [3.63, 3.8) is 0 Å². The smallest absolute Gasteiger partial charge is 0.180 e. The molecule has 2 N–H and O–H groups in total. The van der Waals surface area contributed by atoms with Crippen molar-refractivity contribution in [1.82, 2.24) is 9.88 Å². The van der Waals surface area contributed by atoms with Crippen LogP contribution >= 0.6 is 11.3 Å². The lowest BCUT2D eigenvalue weighted by Gasteiger charge is -2.25. The SMILES string of the molecule is Cc1nc(N)sc1CN1CCOCC1. The van der Waals surface area contributed by atoms with Gasteiger partial charge in [0.05, 0.1) is 18.9 Å². The Hall–Kier alpha value is -0.650. The van der Waals surface area contributed by atoms with Crippen LogP contribution in [0.1, 0.15) is 10.6 Å². The number of hydrogen-bond donors (Lipinski definition) is 1. The monoisotopic (exact) mass is 213 g/mol. The first-order valence-corrected chi connectivity index (χ1v) is 5.59. The van der Waals surface area contributed by atoms with Gasteiger partial charge in [0.15, 0.2) is 5.13 Å². The van der Waals surface area contributed by atoms with Gasteiger partial charge in [-0.25, -0.2) is 4.98 Å². The molecule has 78 valence electrons. The molecule has 0 aromatic carbocycles. The van der Waals surface area contributed by atoms with E-state index in [0.29, 0.717) is 5.13 Å². The summed E-state index contributed by atoms with van der Waals surface area (Å²) >= 11 is 1.59. The molecule has 2 rings (SSSR count). The zero-order valence-corrected chi connectivity index (χ0v) is 9.14. The van der Waals surface area contributed by atoms with Crippen LogP contribution in [0, 0.1) is 6.92 Å². The molecule has 1 aromatic rings. The number of ether oxygens (including phenoxy) is 1. The summed E-state index contributed by atoms with van der Waals surface area (Å²) in [7, 11) is 0. The van der Waals surface area contributed by atoms with E-state index in [0.717, 1.165) is 38.5 Å². The summed E-state index contributed by atoms with van der Waals surface area (Å²) < 4.78 is 5.29. The number of anilines is 1. The van der Waals surface area contributed by atoms with E-state index < -0.39 is 0 Å². The fourth-order valence-electron chi connectivity index (χ4n) is 1.56. The molecule has 0 aliphatic carbocycles. The van der Waals surface area contributed by atoms with Crippen LogP contribution in [0.3, 0.4) is 0 Å². The van der Waals surface area contributed by atoms with Crippen LogP contribution in [0.4, 0.5) is 5.13 Å². The van der Waals surface area contributed by atoms with Crippen LogP contribution in [0.5, 0.6) is 0 Å². The molecule has 4 nitrogen and oxygen atoms in total. The molecule has 0 bridgehead atoms. The lowest BCUT2D eigenvalue weighted by molar-refractivity contribution is 0.0345. The zero-order valence-electron chi connectivity index (χ0n) is 8.32. The predicted octanol–water partition coefficient (Wildman–Crippen LogP) is 0.866. The Morgan fingerprint density at radius 1 is 1.50 bits per heavy atom. The summed E-state index contributed by atoms with van der Waals surface area (Å²) in [5, 5.41) is 0.672. The first-order valence-electron chi connectivity index (χ1n) is 4.77. The van der Waals surface area contributed by atoms with Crippen LogP contribution in [0.15, 0.2) is 0 Å². The summed E-state index contributed by atoms with van der Waals surface area (Å²) in [6.07, 6.45) is 0. The first-order chi connectivity index (χ1) is 6.75. The highest BCUT2D eigenvalue weighted by molar-refractivity contribution is 7.15. The van der Waals surface area contributed by atoms with Crippen molar-refractivity contribution in [3.05, 3.63) is 10.6 Å². The Morgan fingerprint density at radius 3 is 2.79 bits per heavy atom. The number of aryl methyl sites for hydroxylation is 1. The molecule has 1 fully saturated rings. The van der Waals surface area contributed by atoms with Crippen LogP contribution < -0.4 is 5.73 Å². The summed E-state index contributed by atoms with van der Waals surface area (Å²) in [6.45, 7) is 6.68. The Labute approximate surface area is 87.7 Å². The number of thiazole rings is 1. The molecule has 0 unspecified atom stereocenters. The highest BCUT2D eigenvalue weighted by atomic mass is 32.1. The summed E-state index contributed by atoms with van der Waals surface area (Å²) in [6, 6.07) is 0. The zero-order chi connectivity index (χ0) is 9.97. The Kier molecular flexibility index (Phi) is 3.00. The highest BCUT2D eigenvalue weighted by Crippen LogP contribution is 2.21. The van der Waals surface area contributed by atoms with Crippen molar-refractivity contribution in [3.8, 4) is 0 Å². The molecule has 1 aromatic heterocycles. The first kappa shape index (κ1) is 9.89. The number of morpholine rings is 1. The van der Waals surface area contributed by atoms with Gasteiger partial charge >= 0.3 is 0 Å². The van der Waals surface area contributed by atoms with Crippen molar-refractivity contribution in [1.29, 1.82) is 0 Å². The van der Waals surface area contributed by atoms with Gasteiger partial charge in [0.25, 0.3) is 0 Å². The van der Waals surface area contributed by atoms with Gasteiger partial charge in [-0.3, -0.25) is 4.90 Å². The number of aromatic nitrogens is 1. The quantitative estimate of drug-likeness (QED) is 0.792. The Bertz CT molecular complexity index is 307. The van der Waals surface area contributed by atoms with Gasteiger partial charge in [-0.1, -0.05) is 0 Å². The van der Waals surface area contributed by atoms with Gasteiger partial charge in [-0.15, -0.1) is 11.3 Å². The van der Waals surface area contributed by atoms with Crippen LogP contribution in [-0.4, -0.2) is 36.2 Å². The topological polar surface area (TPSA) is 51.4 Å². The molecule has 0 spiro atoms. The molecule has 1 saturated heterocycles. The third-order valence-electron chi connectivity index (χ3n) is 2.38. The molecule has 0 radical (unpaired) electrons. The predicted molar refractivity (Wildman–Crippen MR) is 57.4 cm³/mol. The van der Waals surface area contributed by atoms with E-state index in [1.807, 2.05) is 6.92 Å². The second-order valence-corrected chi connectivity index (χ2v) is 4.56. The summed E-state index contributed by atoms with van der Waals surface area (Å²) in [4.78, 5) is 7.88. The van der Waals surface area contributed by atoms with Gasteiger partial charge in [-0.05, 0) is 6.92 Å². The van der Waals surface area contributed by atoms with E-state index in [2.05, 4.69) is 9.88 Å². The molecule has 0 atom stereocenters. The lowest BCUT2D eigenvalue weighted by Crippen LogP contribution is -2.35. The number of nitrogens with two attached hydrogens (primary N) is 1. The Balaban J connectivity index is 1.98. The van der Waals surface area contributed by atoms with E-state index in [1.54, 1.807) is 11.3 Å². The highest BCUT2D eigenvalue weighted by Gasteiger charge is 2.13. The van der Waals surface area contributed by atoms with Gasteiger partial charge in [-0.2, -0.15) is 0 Å². The minimum Gasteiger partial charge on any atom is -0.379 e. The third-order valence-corrected chi connectivity index (χ3v) is 3.35. The number of hydrogen-bond acceptors (Lipinski definition) is 5. The molecule has 1 aliphatic rings. The van der Waals surface area contributed by atoms with Gasteiger partial charge < -0.3 is 10.5 Å². The average Bonchev–Trinajstić information content (AvgIpc) is 2.47. The van der Waals surface area contributed by atoms with Crippen LogP contribution in [-0.2, 0) is 11.3 Å². The van der Waals surface area contributed by atoms with Crippen LogP contribution in [0.25, 0.3) is 0 Å². The van der Waals surface area contributed by atoms with Gasteiger partial charge in [0.1, 0.15) is 0 Å². The normalized spacial score (nSPS) is 18.6. The summed E-state index contributed by atoms with van der Waals surface area (Å²) in [5.41, 5.74) is 6.72.